The highest BCUT2D eigenvalue weighted by Crippen LogP contribution is 2.55. The number of aliphatic hydroxyl groups excluding tert-OH is 1. The maximum atomic E-state index is 13.1. The van der Waals surface area contributed by atoms with E-state index in [4.69, 9.17) is 9.47 Å². The minimum atomic E-state index is -0.542. The van der Waals surface area contributed by atoms with E-state index in [1.165, 1.54) is 35.6 Å². The van der Waals surface area contributed by atoms with Gasteiger partial charge in [0.25, 0.3) is 0 Å². The highest BCUT2D eigenvalue weighted by Gasteiger charge is 2.51. The van der Waals surface area contributed by atoms with Crippen molar-refractivity contribution >= 4 is 16.8 Å². The van der Waals surface area contributed by atoms with Crippen LogP contribution in [0.15, 0.2) is 91.0 Å². The van der Waals surface area contributed by atoms with Gasteiger partial charge in [-0.25, -0.2) is 4.79 Å². The lowest BCUT2D eigenvalue weighted by Gasteiger charge is -2.56. The fourth-order valence-electron chi connectivity index (χ4n) is 10.0. The summed E-state index contributed by atoms with van der Waals surface area (Å²) in [6.45, 7) is 5.69. The smallest absolute Gasteiger partial charge is 0.315 e. The Kier molecular flexibility index (Phi) is 9.66. The van der Waals surface area contributed by atoms with Crippen LogP contribution in [-0.4, -0.2) is 41.3 Å². The number of hydrogen-bond acceptors (Lipinski definition) is 5. The fraction of sp³-hybridized carbons (Fsp3) is 0.477. The summed E-state index contributed by atoms with van der Waals surface area (Å²) in [4.78, 5) is 15.5. The van der Waals surface area contributed by atoms with Gasteiger partial charge in [-0.1, -0.05) is 91.9 Å². The molecule has 5 aliphatic rings. The van der Waals surface area contributed by atoms with Gasteiger partial charge in [0.1, 0.15) is 0 Å². The summed E-state index contributed by atoms with van der Waals surface area (Å²) in [5, 5.41) is 18.7. The Morgan fingerprint density at radius 1 is 0.843 bits per heavy atom. The molecule has 5 fully saturated rings. The van der Waals surface area contributed by atoms with Crippen LogP contribution in [0.25, 0.3) is 10.8 Å². The molecular formula is C44H53N3O4. The number of likely N-dealkylation sites (N-methyl/N-ethyl adjacent to an activating group) is 1. The van der Waals surface area contributed by atoms with E-state index >= 15 is 0 Å². The number of rotatable bonds is 10. The normalized spacial score (nSPS) is 30.4. The van der Waals surface area contributed by atoms with E-state index in [1.807, 2.05) is 12.1 Å². The number of hydrogen-bond donors (Lipinski definition) is 3. The Bertz CT molecular complexity index is 1790. The summed E-state index contributed by atoms with van der Waals surface area (Å²) >= 11 is 0. The van der Waals surface area contributed by atoms with Crippen LogP contribution in [0, 0.1) is 23.7 Å². The average molecular weight is 688 g/mol. The van der Waals surface area contributed by atoms with Crippen LogP contribution >= 0.6 is 0 Å². The Labute approximate surface area is 302 Å². The largest absolute Gasteiger partial charge is 0.392 e. The van der Waals surface area contributed by atoms with Crippen molar-refractivity contribution in [3.63, 3.8) is 0 Å². The number of ether oxygens (including phenoxy) is 2. The van der Waals surface area contributed by atoms with Gasteiger partial charge < -0.3 is 25.2 Å². The highest BCUT2D eigenvalue weighted by molar-refractivity contribution is 5.83. The topological polar surface area (TPSA) is 83.1 Å². The second-order valence-electron chi connectivity index (χ2n) is 16.3. The molecule has 1 aliphatic heterocycles. The predicted molar refractivity (Wildman–Crippen MR) is 201 cm³/mol. The second kappa shape index (κ2) is 14.3. The van der Waals surface area contributed by atoms with Gasteiger partial charge in [-0.15, -0.1) is 0 Å². The van der Waals surface area contributed by atoms with E-state index in [9.17, 15) is 9.90 Å². The monoisotopic (exact) mass is 687 g/mol. The van der Waals surface area contributed by atoms with Crippen molar-refractivity contribution in [1.29, 1.82) is 0 Å². The van der Waals surface area contributed by atoms with Crippen molar-refractivity contribution in [1.82, 2.24) is 15.5 Å². The molecule has 4 aromatic rings. The predicted octanol–water partition coefficient (Wildman–Crippen LogP) is 8.58. The summed E-state index contributed by atoms with van der Waals surface area (Å²) in [6, 6.07) is 31.7. The van der Waals surface area contributed by atoms with Gasteiger partial charge in [-0.2, -0.15) is 0 Å². The Balaban J connectivity index is 0.947. The van der Waals surface area contributed by atoms with Crippen LogP contribution in [-0.2, 0) is 22.6 Å². The van der Waals surface area contributed by atoms with E-state index < -0.39 is 6.29 Å². The maximum Gasteiger partial charge on any atom is 0.315 e. The van der Waals surface area contributed by atoms with E-state index in [0.29, 0.717) is 6.54 Å². The van der Waals surface area contributed by atoms with Gasteiger partial charge in [-0.05, 0) is 109 Å². The van der Waals surface area contributed by atoms with Crippen LogP contribution in [0.1, 0.15) is 98.6 Å². The first-order valence-electron chi connectivity index (χ1n) is 19.1. The van der Waals surface area contributed by atoms with Gasteiger partial charge >= 0.3 is 6.03 Å². The third-order valence-corrected chi connectivity index (χ3v) is 12.6. The van der Waals surface area contributed by atoms with E-state index in [0.717, 1.165) is 65.8 Å². The van der Waals surface area contributed by atoms with Crippen LogP contribution in [0.2, 0.25) is 0 Å². The van der Waals surface area contributed by atoms with Crippen LogP contribution in [0.3, 0.4) is 0 Å². The average Bonchev–Trinajstić information content (AvgIpc) is 3.14. The molecule has 2 amide bonds. The SMILES string of the molecule is C[C@@H]1[C@H](CN(C)[C@H](C)c2ccc3ccccc3c2)O[C@H](c2ccc(CNC(=O)NC34CC5CC(CC(C5)C3)C4)cc2)O[C@@H]1c1ccc(CO)cc1. The minimum absolute atomic E-state index is 0.00230. The zero-order valence-corrected chi connectivity index (χ0v) is 30.3. The Morgan fingerprint density at radius 3 is 2.14 bits per heavy atom. The summed E-state index contributed by atoms with van der Waals surface area (Å²) in [7, 11) is 2.17. The molecule has 4 bridgehead atoms. The number of carbonyl (C=O) groups excluding carboxylic acids is 1. The number of nitrogens with one attached hydrogen (secondary N) is 2. The van der Waals surface area contributed by atoms with Gasteiger partial charge in [0.05, 0.1) is 18.8 Å². The lowest BCUT2D eigenvalue weighted by atomic mass is 9.53. The molecular weight excluding hydrogens is 635 g/mol. The summed E-state index contributed by atoms with van der Waals surface area (Å²) in [6.07, 6.45) is 6.71. The van der Waals surface area contributed by atoms with Crippen LogP contribution < -0.4 is 10.6 Å². The van der Waals surface area contributed by atoms with E-state index in [2.05, 4.69) is 115 Å². The standard InChI is InChI=1S/C44H53N3O4/c1-28-40(26-47(3)29(2)38-17-16-35-6-4-5-7-39(35)21-38)50-42(51-41(28)36-12-10-31(27-48)11-13-36)37-14-8-30(9-15-37)25-45-43(49)46-44-22-32-18-33(23-44)20-34(19-32)24-44/h4-17,21,28-29,32-34,40-42,48H,18-20,22-27H2,1-3H3,(H2,45,46,49)/t28-,29-,32?,33?,34?,40+,41+,42+,44?/m1/s1. The number of carbonyl (C=O) groups is 1. The quantitative estimate of drug-likeness (QED) is 0.156. The molecule has 4 aliphatic carbocycles. The van der Waals surface area contributed by atoms with E-state index in [-0.39, 0.29) is 42.3 Å². The zero-order valence-electron chi connectivity index (χ0n) is 30.3. The van der Waals surface area contributed by atoms with Crippen molar-refractivity contribution in [3.05, 3.63) is 119 Å². The number of amides is 2. The first-order chi connectivity index (χ1) is 24.7. The molecule has 7 heteroatoms. The number of benzene rings is 4. The molecule has 1 saturated heterocycles. The Hall–Kier alpha value is -3.75. The molecule has 4 saturated carbocycles. The van der Waals surface area contributed by atoms with Gasteiger partial charge in [0, 0.05) is 36.2 Å². The number of urea groups is 1. The van der Waals surface area contributed by atoms with Gasteiger partial charge in [-0.3, -0.25) is 4.90 Å². The molecule has 7 nitrogen and oxygen atoms in total. The molecule has 268 valence electrons. The maximum absolute atomic E-state index is 13.1. The summed E-state index contributed by atoms with van der Waals surface area (Å²) in [5.41, 5.74) is 5.23. The number of fused-ring (bicyclic) bond motifs is 1. The third kappa shape index (κ3) is 7.32. The second-order valence-corrected chi connectivity index (χ2v) is 16.3. The molecule has 1 heterocycles. The molecule has 0 unspecified atom stereocenters. The van der Waals surface area contributed by atoms with Gasteiger partial charge in [0.15, 0.2) is 6.29 Å². The third-order valence-electron chi connectivity index (χ3n) is 12.6. The number of nitrogens with zero attached hydrogens (tertiary/aromatic N) is 1. The van der Waals surface area contributed by atoms with Crippen LogP contribution in [0.5, 0.6) is 0 Å². The first-order valence-corrected chi connectivity index (χ1v) is 19.1. The highest BCUT2D eigenvalue weighted by atomic mass is 16.7. The van der Waals surface area contributed by atoms with Crippen molar-refractivity contribution in [2.24, 2.45) is 23.7 Å². The summed E-state index contributed by atoms with van der Waals surface area (Å²) in [5.74, 6) is 2.47. The number of aliphatic hydroxyl groups is 1. The van der Waals surface area contributed by atoms with Crippen molar-refractivity contribution in [2.45, 2.75) is 95.6 Å². The molecule has 51 heavy (non-hydrogen) atoms. The van der Waals surface area contributed by atoms with Crippen molar-refractivity contribution < 1.29 is 19.4 Å². The van der Waals surface area contributed by atoms with Crippen molar-refractivity contribution in [2.75, 3.05) is 13.6 Å². The zero-order chi connectivity index (χ0) is 35.1. The summed E-state index contributed by atoms with van der Waals surface area (Å²) < 4.78 is 13.5. The molecule has 0 aromatic heterocycles. The van der Waals surface area contributed by atoms with Crippen molar-refractivity contribution in [3.8, 4) is 0 Å². The molecule has 3 N–H and O–H groups in total. The minimum Gasteiger partial charge on any atom is -0.392 e. The molecule has 9 rings (SSSR count). The fourth-order valence-corrected chi connectivity index (χ4v) is 10.0. The molecule has 4 aromatic carbocycles. The molecule has 0 spiro atoms. The van der Waals surface area contributed by atoms with Gasteiger partial charge in [0.2, 0.25) is 0 Å². The van der Waals surface area contributed by atoms with Crippen LogP contribution in [0.4, 0.5) is 4.79 Å². The lowest BCUT2D eigenvalue weighted by Crippen LogP contribution is -2.61. The van der Waals surface area contributed by atoms with E-state index in [1.54, 1.807) is 0 Å². The first kappa shape index (κ1) is 34.3. The molecule has 0 radical (unpaired) electrons. The lowest BCUT2D eigenvalue weighted by molar-refractivity contribution is -0.276. The molecule has 5 atom stereocenters. The Morgan fingerprint density at radius 2 is 1.47 bits per heavy atom.